The van der Waals surface area contributed by atoms with Crippen LogP contribution in [0, 0.1) is 28.6 Å². The average molecular weight is 208 g/mol. The van der Waals surface area contributed by atoms with Gasteiger partial charge in [-0.3, -0.25) is 0 Å². The maximum Gasteiger partial charge on any atom is 0.0627 e. The van der Waals surface area contributed by atoms with Gasteiger partial charge in [-0.1, -0.05) is 20.8 Å². The van der Waals surface area contributed by atoms with Gasteiger partial charge >= 0.3 is 0 Å². The first kappa shape index (κ1) is 10.1. The van der Waals surface area contributed by atoms with Gasteiger partial charge in [-0.2, -0.15) is 0 Å². The van der Waals surface area contributed by atoms with Crippen LogP contribution >= 0.6 is 0 Å². The molecule has 4 bridgehead atoms. The van der Waals surface area contributed by atoms with E-state index in [9.17, 15) is 5.11 Å². The van der Waals surface area contributed by atoms with Crippen LogP contribution in [0.1, 0.15) is 52.9 Å². The smallest absolute Gasteiger partial charge is 0.0627 e. The first-order valence-corrected chi connectivity index (χ1v) is 6.67. The van der Waals surface area contributed by atoms with Gasteiger partial charge in [0.2, 0.25) is 0 Å². The Labute approximate surface area is 93.3 Å². The third kappa shape index (κ3) is 0.988. The molecule has 4 fully saturated rings. The van der Waals surface area contributed by atoms with E-state index in [1.54, 1.807) is 0 Å². The summed E-state index contributed by atoms with van der Waals surface area (Å²) in [5, 5.41) is 10.5. The molecule has 0 heterocycles. The van der Waals surface area contributed by atoms with Crippen LogP contribution in [0.15, 0.2) is 0 Å². The first-order valence-electron chi connectivity index (χ1n) is 6.67. The number of fused-ring (bicyclic) bond motifs is 1. The van der Waals surface area contributed by atoms with E-state index >= 15 is 0 Å². The Bertz CT molecular complexity index is 287. The second kappa shape index (κ2) is 2.80. The third-order valence-electron chi connectivity index (χ3n) is 6.62. The maximum atomic E-state index is 10.5. The molecule has 4 aliphatic carbocycles. The van der Waals surface area contributed by atoms with Crippen LogP contribution in [0.2, 0.25) is 0 Å². The lowest BCUT2D eigenvalue weighted by atomic mass is 9.38. The van der Waals surface area contributed by atoms with Crippen LogP contribution in [-0.2, 0) is 0 Å². The highest BCUT2D eigenvalue weighted by Gasteiger charge is 2.64. The van der Waals surface area contributed by atoms with Crippen molar-refractivity contribution in [1.82, 2.24) is 0 Å². The molecule has 1 nitrogen and oxygen atoms in total. The van der Waals surface area contributed by atoms with E-state index in [1.165, 1.54) is 32.1 Å². The molecule has 86 valence electrons. The fraction of sp³-hybridized carbons (Fsp3) is 1.00. The second-order valence-corrected chi connectivity index (χ2v) is 6.94. The zero-order valence-electron chi connectivity index (χ0n) is 10.3. The van der Waals surface area contributed by atoms with Gasteiger partial charge in [-0.15, -0.1) is 0 Å². The number of aliphatic hydroxyl groups is 1. The van der Waals surface area contributed by atoms with Crippen molar-refractivity contribution in [2.24, 2.45) is 28.6 Å². The zero-order valence-corrected chi connectivity index (χ0v) is 10.3. The molecule has 4 rings (SSSR count). The third-order valence-corrected chi connectivity index (χ3v) is 6.62. The van der Waals surface area contributed by atoms with Crippen molar-refractivity contribution in [3.05, 3.63) is 0 Å². The molecule has 0 saturated heterocycles. The average Bonchev–Trinajstić information content (AvgIpc) is 2.21. The van der Waals surface area contributed by atoms with Crippen molar-refractivity contribution in [3.63, 3.8) is 0 Å². The summed E-state index contributed by atoms with van der Waals surface area (Å²) >= 11 is 0. The number of hydrogen-bond donors (Lipinski definition) is 1. The SMILES string of the molecule is CC1CCC2(C)C(O)C3CCC2(C)C1C3. The molecule has 6 atom stereocenters. The number of aliphatic hydroxyl groups excluding tert-OH is 1. The molecule has 1 N–H and O–H groups in total. The van der Waals surface area contributed by atoms with Gasteiger partial charge in [0, 0.05) is 0 Å². The zero-order chi connectivity index (χ0) is 10.8. The van der Waals surface area contributed by atoms with Crippen molar-refractivity contribution in [2.45, 2.75) is 59.0 Å². The summed E-state index contributed by atoms with van der Waals surface area (Å²) < 4.78 is 0. The van der Waals surface area contributed by atoms with Gasteiger partial charge in [-0.25, -0.2) is 0 Å². The molecule has 0 aromatic rings. The Morgan fingerprint density at radius 3 is 2.47 bits per heavy atom. The minimum absolute atomic E-state index is 0.0139. The number of rotatable bonds is 0. The fourth-order valence-corrected chi connectivity index (χ4v) is 5.25. The lowest BCUT2D eigenvalue weighted by Crippen LogP contribution is -2.64. The Morgan fingerprint density at radius 2 is 1.73 bits per heavy atom. The molecule has 4 saturated carbocycles. The van der Waals surface area contributed by atoms with Crippen LogP contribution in [0.3, 0.4) is 0 Å². The standard InChI is InChI=1S/C14H24O/c1-9-4-6-14(3)12(15)10-5-7-13(14,2)11(9)8-10/h9-12,15H,4-8H2,1-3H3. The van der Waals surface area contributed by atoms with Gasteiger partial charge in [0.1, 0.15) is 0 Å². The molecule has 0 aromatic heterocycles. The van der Waals surface area contributed by atoms with Crippen molar-refractivity contribution >= 4 is 0 Å². The highest BCUT2D eigenvalue weighted by atomic mass is 16.3. The van der Waals surface area contributed by atoms with E-state index in [2.05, 4.69) is 20.8 Å². The van der Waals surface area contributed by atoms with Crippen molar-refractivity contribution in [1.29, 1.82) is 0 Å². The predicted octanol–water partition coefficient (Wildman–Crippen LogP) is 3.22. The maximum absolute atomic E-state index is 10.5. The Morgan fingerprint density at radius 1 is 1.07 bits per heavy atom. The van der Waals surface area contributed by atoms with E-state index in [1.807, 2.05) is 0 Å². The van der Waals surface area contributed by atoms with Gasteiger partial charge in [0.15, 0.2) is 0 Å². The summed E-state index contributed by atoms with van der Waals surface area (Å²) in [5.41, 5.74) is 0.657. The van der Waals surface area contributed by atoms with Crippen LogP contribution in [-0.4, -0.2) is 11.2 Å². The molecule has 1 heteroatoms. The summed E-state index contributed by atoms with van der Waals surface area (Å²) in [5.74, 6) is 2.39. The van der Waals surface area contributed by atoms with E-state index < -0.39 is 0 Å². The monoisotopic (exact) mass is 208 g/mol. The van der Waals surface area contributed by atoms with E-state index in [4.69, 9.17) is 0 Å². The van der Waals surface area contributed by atoms with Crippen LogP contribution < -0.4 is 0 Å². The van der Waals surface area contributed by atoms with Gasteiger partial charge in [0.25, 0.3) is 0 Å². The number of hydrogen-bond acceptors (Lipinski definition) is 1. The Balaban J connectivity index is 2.07. The minimum Gasteiger partial charge on any atom is -0.392 e. The molecule has 0 aromatic carbocycles. The Kier molecular flexibility index (Phi) is 1.89. The van der Waals surface area contributed by atoms with Crippen molar-refractivity contribution in [3.8, 4) is 0 Å². The lowest BCUT2D eigenvalue weighted by Gasteiger charge is -2.68. The summed E-state index contributed by atoms with van der Waals surface area (Å²) in [6.07, 6.45) is 6.50. The normalized spacial score (nSPS) is 63.2. The van der Waals surface area contributed by atoms with Crippen LogP contribution in [0.25, 0.3) is 0 Å². The molecule has 0 radical (unpaired) electrons. The second-order valence-electron chi connectivity index (χ2n) is 6.94. The van der Waals surface area contributed by atoms with Crippen LogP contribution in [0.4, 0.5) is 0 Å². The summed E-state index contributed by atoms with van der Waals surface area (Å²) in [6, 6.07) is 0. The molecular weight excluding hydrogens is 184 g/mol. The molecule has 0 spiro atoms. The lowest BCUT2D eigenvalue weighted by molar-refractivity contribution is -0.231. The van der Waals surface area contributed by atoms with Crippen molar-refractivity contribution < 1.29 is 5.11 Å². The van der Waals surface area contributed by atoms with Gasteiger partial charge < -0.3 is 5.11 Å². The van der Waals surface area contributed by atoms with E-state index in [0.717, 1.165) is 11.8 Å². The fourth-order valence-electron chi connectivity index (χ4n) is 5.25. The molecule has 4 aliphatic rings. The predicted molar refractivity (Wildman–Crippen MR) is 61.4 cm³/mol. The van der Waals surface area contributed by atoms with Gasteiger partial charge in [0.05, 0.1) is 6.10 Å². The largest absolute Gasteiger partial charge is 0.392 e. The summed E-state index contributed by atoms with van der Waals surface area (Å²) in [4.78, 5) is 0. The molecule has 15 heavy (non-hydrogen) atoms. The molecule has 0 amide bonds. The quantitative estimate of drug-likeness (QED) is 0.648. The van der Waals surface area contributed by atoms with Gasteiger partial charge in [-0.05, 0) is 60.7 Å². The molecule has 6 unspecified atom stereocenters. The van der Waals surface area contributed by atoms with Crippen LogP contribution in [0.5, 0.6) is 0 Å². The van der Waals surface area contributed by atoms with E-state index in [-0.39, 0.29) is 11.5 Å². The topological polar surface area (TPSA) is 20.2 Å². The summed E-state index contributed by atoms with van der Waals surface area (Å²) in [7, 11) is 0. The molecular formula is C14H24O. The summed E-state index contributed by atoms with van der Waals surface area (Å²) in [6.45, 7) is 7.26. The minimum atomic E-state index is -0.0139. The highest BCUT2D eigenvalue weighted by molar-refractivity contribution is 5.13. The first-order chi connectivity index (χ1) is 6.99. The Hall–Kier alpha value is -0.0400. The van der Waals surface area contributed by atoms with E-state index in [0.29, 0.717) is 11.3 Å². The molecule has 0 aliphatic heterocycles. The highest BCUT2D eigenvalue weighted by Crippen LogP contribution is 2.69. The van der Waals surface area contributed by atoms with Crippen molar-refractivity contribution in [2.75, 3.05) is 0 Å².